The Morgan fingerprint density at radius 1 is 1.17 bits per heavy atom. The van der Waals surface area contributed by atoms with Crippen LogP contribution in [0, 0.1) is 33.6 Å². The number of carboxylic acid groups (broad SMARTS) is 1. The summed E-state index contributed by atoms with van der Waals surface area (Å²) in [6.07, 6.45) is -1.08. The third-order valence-corrected chi connectivity index (χ3v) is 6.90. The number of sulfonamides is 1. The predicted molar refractivity (Wildman–Crippen MR) is 85.9 cm³/mol. The van der Waals surface area contributed by atoms with Crippen LogP contribution in [0.5, 0.6) is 0 Å². The highest BCUT2D eigenvalue weighted by Crippen LogP contribution is 2.31. The summed E-state index contributed by atoms with van der Waals surface area (Å²) in [6.45, 7) is 7.19. The normalized spacial score (nSPS) is 23.0. The summed E-state index contributed by atoms with van der Waals surface area (Å²) >= 11 is 0. The van der Waals surface area contributed by atoms with Gasteiger partial charge in [-0.25, -0.2) is 8.42 Å². The number of hydrogen-bond donors (Lipinski definition) is 2. The standard InChI is InChI=1S/C16H23NO5S/c1-9-7-10(2)12(4)15(11(9)3)23(21,22)17-6-5-13(16(19)20)14(18)8-17/h7,13-14,18H,5-6,8H2,1-4H3,(H,19,20)/t13-,14+/m0/s1. The summed E-state index contributed by atoms with van der Waals surface area (Å²) in [5.41, 5.74) is 3.19. The van der Waals surface area contributed by atoms with Crippen LogP contribution in [-0.2, 0) is 14.8 Å². The Morgan fingerprint density at radius 2 is 1.70 bits per heavy atom. The quantitative estimate of drug-likeness (QED) is 0.866. The predicted octanol–water partition coefficient (Wildman–Crippen LogP) is 1.38. The first kappa shape index (κ1) is 17.9. The number of aliphatic hydroxyl groups is 1. The number of rotatable bonds is 3. The molecule has 1 aliphatic rings. The summed E-state index contributed by atoms with van der Waals surface area (Å²) in [7, 11) is -3.77. The summed E-state index contributed by atoms with van der Waals surface area (Å²) in [5, 5.41) is 19.0. The van der Waals surface area contributed by atoms with E-state index in [4.69, 9.17) is 5.11 Å². The minimum Gasteiger partial charge on any atom is -0.481 e. The van der Waals surface area contributed by atoms with Gasteiger partial charge >= 0.3 is 5.97 Å². The lowest BCUT2D eigenvalue weighted by Crippen LogP contribution is -2.48. The minimum atomic E-state index is -3.77. The molecule has 7 heteroatoms. The van der Waals surface area contributed by atoms with Crippen LogP contribution >= 0.6 is 0 Å². The topological polar surface area (TPSA) is 94.9 Å². The Labute approximate surface area is 136 Å². The van der Waals surface area contributed by atoms with Gasteiger partial charge in [-0.1, -0.05) is 6.07 Å². The first-order chi connectivity index (χ1) is 10.6. The number of carboxylic acids is 1. The second kappa shape index (κ2) is 6.22. The second-order valence-corrected chi connectivity index (χ2v) is 8.13. The van der Waals surface area contributed by atoms with E-state index in [-0.39, 0.29) is 24.4 Å². The number of hydrogen-bond acceptors (Lipinski definition) is 4. The van der Waals surface area contributed by atoms with Crippen LogP contribution in [0.25, 0.3) is 0 Å². The molecular weight excluding hydrogens is 318 g/mol. The molecule has 0 unspecified atom stereocenters. The molecule has 0 aliphatic carbocycles. The van der Waals surface area contributed by atoms with Gasteiger partial charge in [0.15, 0.2) is 0 Å². The van der Waals surface area contributed by atoms with Crippen molar-refractivity contribution >= 4 is 16.0 Å². The van der Waals surface area contributed by atoms with E-state index in [1.807, 2.05) is 19.9 Å². The van der Waals surface area contributed by atoms with Gasteiger partial charge < -0.3 is 10.2 Å². The van der Waals surface area contributed by atoms with Gasteiger partial charge in [-0.2, -0.15) is 4.31 Å². The van der Waals surface area contributed by atoms with Crippen molar-refractivity contribution in [2.75, 3.05) is 13.1 Å². The Bertz CT molecular complexity index is 715. The van der Waals surface area contributed by atoms with E-state index in [1.165, 1.54) is 4.31 Å². The third-order valence-electron chi connectivity index (χ3n) is 4.76. The van der Waals surface area contributed by atoms with E-state index in [0.717, 1.165) is 11.1 Å². The fraction of sp³-hybridized carbons (Fsp3) is 0.562. The maximum Gasteiger partial charge on any atom is 0.309 e. The van der Waals surface area contributed by atoms with Crippen molar-refractivity contribution in [3.8, 4) is 0 Å². The molecule has 0 saturated carbocycles. The molecule has 1 aliphatic heterocycles. The number of piperidine rings is 1. The SMILES string of the molecule is Cc1cc(C)c(C)c(S(=O)(=O)N2CC[C@H](C(=O)O)[C@H](O)C2)c1C. The molecular formula is C16H23NO5S. The van der Waals surface area contributed by atoms with Crippen molar-refractivity contribution in [2.45, 2.75) is 45.1 Å². The van der Waals surface area contributed by atoms with Gasteiger partial charge in [-0.15, -0.1) is 0 Å². The molecule has 2 N–H and O–H groups in total. The zero-order chi connectivity index (χ0) is 17.5. The van der Waals surface area contributed by atoms with Crippen LogP contribution in [-0.4, -0.2) is 48.1 Å². The van der Waals surface area contributed by atoms with E-state index in [1.54, 1.807) is 13.8 Å². The maximum atomic E-state index is 13.0. The molecule has 2 atom stereocenters. The molecule has 0 aromatic heterocycles. The van der Waals surface area contributed by atoms with Crippen LogP contribution in [0.3, 0.4) is 0 Å². The molecule has 6 nitrogen and oxygen atoms in total. The van der Waals surface area contributed by atoms with E-state index >= 15 is 0 Å². The average Bonchev–Trinajstić information content (AvgIpc) is 2.44. The molecule has 0 spiro atoms. The molecule has 0 bridgehead atoms. The lowest BCUT2D eigenvalue weighted by atomic mass is 9.95. The first-order valence-electron chi connectivity index (χ1n) is 7.55. The van der Waals surface area contributed by atoms with Crippen molar-refractivity contribution in [1.29, 1.82) is 0 Å². The summed E-state index contributed by atoms with van der Waals surface area (Å²) in [6, 6.07) is 1.95. The van der Waals surface area contributed by atoms with E-state index < -0.39 is 28.0 Å². The van der Waals surface area contributed by atoms with E-state index in [2.05, 4.69) is 0 Å². The Balaban J connectivity index is 2.43. The number of aliphatic hydroxyl groups excluding tert-OH is 1. The largest absolute Gasteiger partial charge is 0.481 e. The number of aliphatic carboxylic acids is 1. The summed E-state index contributed by atoms with van der Waals surface area (Å²) in [5.74, 6) is -2.00. The molecule has 2 rings (SSSR count). The zero-order valence-electron chi connectivity index (χ0n) is 13.8. The van der Waals surface area contributed by atoms with Gasteiger partial charge in [-0.05, 0) is 56.4 Å². The molecule has 0 amide bonds. The highest BCUT2D eigenvalue weighted by Gasteiger charge is 2.39. The molecule has 23 heavy (non-hydrogen) atoms. The van der Waals surface area contributed by atoms with Crippen LogP contribution in [0.4, 0.5) is 0 Å². The number of benzene rings is 1. The van der Waals surface area contributed by atoms with Crippen molar-refractivity contribution in [3.63, 3.8) is 0 Å². The lowest BCUT2D eigenvalue weighted by Gasteiger charge is -2.34. The fourth-order valence-electron chi connectivity index (χ4n) is 3.11. The van der Waals surface area contributed by atoms with Gasteiger partial charge in [0.1, 0.15) is 0 Å². The van der Waals surface area contributed by atoms with Crippen molar-refractivity contribution < 1.29 is 23.4 Å². The van der Waals surface area contributed by atoms with Crippen molar-refractivity contribution in [3.05, 3.63) is 28.3 Å². The van der Waals surface area contributed by atoms with E-state index in [9.17, 15) is 18.3 Å². The van der Waals surface area contributed by atoms with Crippen LogP contribution in [0.1, 0.15) is 28.7 Å². The Kier molecular flexibility index (Phi) is 4.84. The third kappa shape index (κ3) is 3.13. The number of carbonyl (C=O) groups is 1. The second-order valence-electron chi connectivity index (χ2n) is 6.25. The van der Waals surface area contributed by atoms with Crippen molar-refractivity contribution in [2.24, 2.45) is 5.92 Å². The lowest BCUT2D eigenvalue weighted by molar-refractivity contribution is -0.147. The molecule has 1 aromatic carbocycles. The van der Waals surface area contributed by atoms with Gasteiger partial charge in [0, 0.05) is 13.1 Å². The van der Waals surface area contributed by atoms with Gasteiger partial charge in [0.25, 0.3) is 0 Å². The monoisotopic (exact) mass is 341 g/mol. The van der Waals surface area contributed by atoms with Crippen LogP contribution in [0.15, 0.2) is 11.0 Å². The van der Waals surface area contributed by atoms with E-state index in [0.29, 0.717) is 11.1 Å². The van der Waals surface area contributed by atoms with Gasteiger partial charge in [-0.3, -0.25) is 4.79 Å². The van der Waals surface area contributed by atoms with Gasteiger partial charge in [0.2, 0.25) is 10.0 Å². The fourth-order valence-corrected chi connectivity index (χ4v) is 5.15. The summed E-state index contributed by atoms with van der Waals surface area (Å²) in [4.78, 5) is 11.3. The molecule has 0 radical (unpaired) electrons. The maximum absolute atomic E-state index is 13.0. The minimum absolute atomic E-state index is 0.0994. The molecule has 128 valence electrons. The van der Waals surface area contributed by atoms with Gasteiger partial charge in [0.05, 0.1) is 16.9 Å². The van der Waals surface area contributed by atoms with Crippen LogP contribution < -0.4 is 0 Å². The molecule has 1 fully saturated rings. The van der Waals surface area contributed by atoms with Crippen molar-refractivity contribution in [1.82, 2.24) is 4.31 Å². The molecule has 1 saturated heterocycles. The highest BCUT2D eigenvalue weighted by molar-refractivity contribution is 7.89. The number of aryl methyl sites for hydroxylation is 2. The van der Waals surface area contributed by atoms with Crippen LogP contribution in [0.2, 0.25) is 0 Å². The number of nitrogens with zero attached hydrogens (tertiary/aromatic N) is 1. The smallest absolute Gasteiger partial charge is 0.309 e. The molecule has 1 aromatic rings. The summed E-state index contributed by atoms with van der Waals surface area (Å²) < 4.78 is 27.2. The zero-order valence-corrected chi connectivity index (χ0v) is 14.6. The highest BCUT2D eigenvalue weighted by atomic mass is 32.2. The number of β-amino-alcohol motifs (C(OH)–C–C–N with tert-alkyl or cyclic N) is 1. The molecule has 1 heterocycles. The Morgan fingerprint density at radius 3 is 2.13 bits per heavy atom. The first-order valence-corrected chi connectivity index (χ1v) is 8.99. The Hall–Kier alpha value is -1.44. The average molecular weight is 341 g/mol.